The molecule has 30 heavy (non-hydrogen) atoms. The summed E-state index contributed by atoms with van der Waals surface area (Å²) in [6.07, 6.45) is -2.63. The zero-order valence-electron chi connectivity index (χ0n) is 16.0. The highest BCUT2D eigenvalue weighted by Gasteiger charge is 2.30. The van der Waals surface area contributed by atoms with Crippen molar-refractivity contribution in [2.75, 3.05) is 19.0 Å². The van der Waals surface area contributed by atoms with Crippen LogP contribution < -0.4 is 9.47 Å². The van der Waals surface area contributed by atoms with Crippen LogP contribution in [0.5, 0.6) is 11.5 Å². The Labute approximate surface area is 190 Å². The van der Waals surface area contributed by atoms with Crippen molar-refractivity contribution in [2.24, 2.45) is 0 Å². The number of halogens is 4. The maximum atomic E-state index is 12.7. The van der Waals surface area contributed by atoms with Gasteiger partial charge in [0, 0.05) is 10.6 Å². The molecule has 2 aromatic carbocycles. The Balaban J connectivity index is 1.94. The molecule has 2 rings (SSSR count). The number of rotatable bonds is 10. The highest BCUT2D eigenvalue weighted by Crippen LogP contribution is 2.34. The first-order valence-electron chi connectivity index (χ1n) is 8.73. The van der Waals surface area contributed by atoms with Crippen molar-refractivity contribution in [3.8, 4) is 11.5 Å². The fourth-order valence-corrected chi connectivity index (χ4v) is 3.97. The second-order valence-corrected chi connectivity index (χ2v) is 9.65. The molecule has 2 aromatic rings. The number of alkyl halides is 4. The molecular weight excluding hydrogens is 532 g/mol. The van der Waals surface area contributed by atoms with Gasteiger partial charge in [0.25, 0.3) is 0 Å². The standard InChI is InChI=1S/C21H20F3IO4S/c1-3-20(25,12-29-16-6-4-15(5-7-16)21(22,23)24)13-30-17-8-9-18(14(2)10-17)28-11-19(26)27/h3-10H,1,11-13H2,2H3,(H,26,27). The Bertz CT molecular complexity index is 887. The molecule has 0 aliphatic heterocycles. The molecule has 9 heteroatoms. The number of ether oxygens (including phenoxy) is 2. The number of hydrogen-bond donors (Lipinski definition) is 1. The topological polar surface area (TPSA) is 55.8 Å². The molecule has 1 unspecified atom stereocenters. The van der Waals surface area contributed by atoms with Gasteiger partial charge in [-0.15, -0.1) is 18.3 Å². The third-order valence-corrected chi connectivity index (χ3v) is 6.90. The minimum atomic E-state index is -4.38. The van der Waals surface area contributed by atoms with Crippen molar-refractivity contribution >= 4 is 40.3 Å². The average molecular weight is 552 g/mol. The number of carboxylic acid groups (broad SMARTS) is 1. The molecule has 0 radical (unpaired) electrons. The van der Waals surface area contributed by atoms with Gasteiger partial charge in [-0.3, -0.25) is 0 Å². The smallest absolute Gasteiger partial charge is 0.416 e. The zero-order chi connectivity index (χ0) is 22.4. The van der Waals surface area contributed by atoms with Crippen molar-refractivity contribution in [1.82, 2.24) is 0 Å². The van der Waals surface area contributed by atoms with E-state index in [9.17, 15) is 18.0 Å². The molecule has 162 valence electrons. The first kappa shape index (κ1) is 24.4. The SMILES string of the molecule is C=CC(I)(COc1ccc(C(F)(F)F)cc1)CSc1ccc(OCC(=O)O)c(C)c1. The predicted octanol–water partition coefficient (Wildman–Crippen LogP) is 6.01. The Morgan fingerprint density at radius 1 is 1.20 bits per heavy atom. The van der Waals surface area contributed by atoms with Gasteiger partial charge in [0.1, 0.15) is 18.1 Å². The summed E-state index contributed by atoms with van der Waals surface area (Å²) in [5.74, 6) is 0.442. The highest BCUT2D eigenvalue weighted by molar-refractivity contribution is 14.1. The number of aryl methyl sites for hydroxylation is 1. The summed E-state index contributed by atoms with van der Waals surface area (Å²) in [6, 6.07) is 10.0. The third kappa shape index (κ3) is 7.42. The normalized spacial score (nSPS) is 13.4. The van der Waals surface area contributed by atoms with Gasteiger partial charge in [0.15, 0.2) is 6.61 Å². The number of benzene rings is 2. The maximum absolute atomic E-state index is 12.7. The highest BCUT2D eigenvalue weighted by atomic mass is 127. The van der Waals surface area contributed by atoms with Gasteiger partial charge >= 0.3 is 12.1 Å². The van der Waals surface area contributed by atoms with E-state index in [0.29, 0.717) is 17.3 Å². The maximum Gasteiger partial charge on any atom is 0.416 e. The van der Waals surface area contributed by atoms with E-state index in [1.165, 1.54) is 12.1 Å². The summed E-state index contributed by atoms with van der Waals surface area (Å²) in [5.41, 5.74) is 0.0981. The van der Waals surface area contributed by atoms with Crippen LogP contribution >= 0.6 is 34.4 Å². The van der Waals surface area contributed by atoms with Gasteiger partial charge in [-0.2, -0.15) is 13.2 Å². The molecule has 0 saturated carbocycles. The van der Waals surface area contributed by atoms with Crippen LogP contribution in [-0.4, -0.2) is 33.5 Å². The second kappa shape index (κ2) is 10.4. The average Bonchev–Trinajstić information content (AvgIpc) is 2.69. The Morgan fingerprint density at radius 2 is 1.87 bits per heavy atom. The van der Waals surface area contributed by atoms with E-state index in [1.54, 1.807) is 23.9 Å². The van der Waals surface area contributed by atoms with E-state index in [-0.39, 0.29) is 6.61 Å². The summed E-state index contributed by atoms with van der Waals surface area (Å²) in [4.78, 5) is 11.6. The van der Waals surface area contributed by atoms with Gasteiger partial charge in [-0.1, -0.05) is 28.7 Å². The van der Waals surface area contributed by atoms with Gasteiger partial charge < -0.3 is 14.6 Å². The summed E-state index contributed by atoms with van der Waals surface area (Å²) in [7, 11) is 0. The van der Waals surface area contributed by atoms with Crippen LogP contribution in [0.25, 0.3) is 0 Å². The molecule has 1 atom stereocenters. The molecule has 0 spiro atoms. The first-order valence-corrected chi connectivity index (χ1v) is 10.8. The van der Waals surface area contributed by atoms with Crippen LogP contribution in [0.15, 0.2) is 60.0 Å². The van der Waals surface area contributed by atoms with E-state index in [4.69, 9.17) is 14.6 Å². The second-order valence-electron chi connectivity index (χ2n) is 6.45. The monoisotopic (exact) mass is 552 g/mol. The number of thioether (sulfide) groups is 1. The molecule has 0 amide bonds. The Hall–Kier alpha value is -1.88. The van der Waals surface area contributed by atoms with E-state index in [2.05, 4.69) is 29.2 Å². The lowest BCUT2D eigenvalue weighted by molar-refractivity contribution is -0.139. The van der Waals surface area contributed by atoms with Crippen molar-refractivity contribution in [2.45, 2.75) is 21.4 Å². The lowest BCUT2D eigenvalue weighted by Gasteiger charge is -2.24. The van der Waals surface area contributed by atoms with Gasteiger partial charge in [-0.25, -0.2) is 4.79 Å². The van der Waals surface area contributed by atoms with Crippen LogP contribution in [0.1, 0.15) is 11.1 Å². The molecule has 0 heterocycles. The fourth-order valence-electron chi connectivity index (χ4n) is 2.32. The number of hydrogen-bond acceptors (Lipinski definition) is 4. The van der Waals surface area contributed by atoms with E-state index >= 15 is 0 Å². The molecule has 0 aromatic heterocycles. The summed E-state index contributed by atoms with van der Waals surface area (Å²) < 4.78 is 48.4. The molecule has 0 aliphatic carbocycles. The van der Waals surface area contributed by atoms with E-state index in [0.717, 1.165) is 22.6 Å². The number of carboxylic acids is 1. The van der Waals surface area contributed by atoms with E-state index < -0.39 is 27.7 Å². The fraction of sp³-hybridized carbons (Fsp3) is 0.286. The number of carbonyl (C=O) groups is 1. The molecule has 0 saturated heterocycles. The van der Waals surface area contributed by atoms with Crippen LogP contribution in [0.3, 0.4) is 0 Å². The Kier molecular flexibility index (Phi) is 8.48. The quantitative estimate of drug-likeness (QED) is 0.170. The van der Waals surface area contributed by atoms with Crippen LogP contribution in [0.2, 0.25) is 0 Å². The first-order chi connectivity index (χ1) is 14.0. The lowest BCUT2D eigenvalue weighted by Crippen LogP contribution is -2.29. The molecule has 1 N–H and O–H groups in total. The van der Waals surface area contributed by atoms with E-state index in [1.807, 2.05) is 19.1 Å². The predicted molar refractivity (Wildman–Crippen MR) is 119 cm³/mol. The van der Waals surface area contributed by atoms with Crippen LogP contribution in [0, 0.1) is 6.92 Å². The van der Waals surface area contributed by atoms with Crippen LogP contribution in [0.4, 0.5) is 13.2 Å². The zero-order valence-corrected chi connectivity index (χ0v) is 19.0. The van der Waals surface area contributed by atoms with Crippen molar-refractivity contribution in [3.63, 3.8) is 0 Å². The number of aliphatic carboxylic acids is 1. The minimum absolute atomic E-state index is 0.244. The molecule has 0 bridgehead atoms. The summed E-state index contributed by atoms with van der Waals surface area (Å²) in [5, 5.41) is 8.70. The van der Waals surface area contributed by atoms with Crippen molar-refractivity contribution in [1.29, 1.82) is 0 Å². The van der Waals surface area contributed by atoms with Crippen molar-refractivity contribution in [3.05, 3.63) is 66.2 Å². The molecule has 0 aliphatic rings. The molecular formula is C21H20F3IO4S. The van der Waals surface area contributed by atoms with Gasteiger partial charge in [0.05, 0.1) is 8.99 Å². The summed E-state index contributed by atoms with van der Waals surface area (Å²) >= 11 is 3.77. The lowest BCUT2D eigenvalue weighted by atomic mass is 10.2. The van der Waals surface area contributed by atoms with Crippen molar-refractivity contribution < 1.29 is 32.5 Å². The molecule has 0 fully saturated rings. The Morgan fingerprint density at radius 3 is 2.40 bits per heavy atom. The van der Waals surface area contributed by atoms with Crippen LogP contribution in [-0.2, 0) is 11.0 Å². The summed E-state index contributed by atoms with van der Waals surface area (Å²) in [6.45, 7) is 5.53. The van der Waals surface area contributed by atoms with Gasteiger partial charge in [0.2, 0.25) is 0 Å². The van der Waals surface area contributed by atoms with Gasteiger partial charge in [-0.05, 0) is 55.0 Å². The minimum Gasteiger partial charge on any atom is -0.492 e. The largest absolute Gasteiger partial charge is 0.492 e. The molecule has 4 nitrogen and oxygen atoms in total. The third-order valence-electron chi connectivity index (χ3n) is 4.00.